The number of ketones is 1. The SMILES string of the molecule is Cc1cccc(C(=O)C(C#N)c2cccnc2)c1I. The molecule has 0 radical (unpaired) electrons. The number of Topliss-reactive ketones (excluding diaryl/α,β-unsaturated/α-hetero) is 1. The average molecular weight is 362 g/mol. The minimum Gasteiger partial charge on any atom is -0.292 e. The summed E-state index contributed by atoms with van der Waals surface area (Å²) in [4.78, 5) is 16.5. The van der Waals surface area contributed by atoms with Crippen LogP contribution in [0.25, 0.3) is 0 Å². The summed E-state index contributed by atoms with van der Waals surface area (Å²) in [5.41, 5.74) is 2.26. The Labute approximate surface area is 125 Å². The molecule has 94 valence electrons. The van der Waals surface area contributed by atoms with Crippen LogP contribution >= 0.6 is 22.6 Å². The summed E-state index contributed by atoms with van der Waals surface area (Å²) < 4.78 is 0.897. The van der Waals surface area contributed by atoms with Crippen LogP contribution in [0, 0.1) is 21.8 Å². The van der Waals surface area contributed by atoms with Gasteiger partial charge in [-0.2, -0.15) is 5.26 Å². The van der Waals surface area contributed by atoms with E-state index in [1.54, 1.807) is 30.6 Å². The fourth-order valence-corrected chi connectivity index (χ4v) is 2.45. The Kier molecular flexibility index (Phi) is 4.27. The van der Waals surface area contributed by atoms with Gasteiger partial charge in [0.05, 0.1) is 6.07 Å². The lowest BCUT2D eigenvalue weighted by atomic mass is 9.92. The molecule has 0 bridgehead atoms. The molecular formula is C15H11IN2O. The number of aromatic nitrogens is 1. The lowest BCUT2D eigenvalue weighted by molar-refractivity contribution is 0.0978. The van der Waals surface area contributed by atoms with Gasteiger partial charge in [0.2, 0.25) is 0 Å². The summed E-state index contributed by atoms with van der Waals surface area (Å²) in [6.07, 6.45) is 3.19. The first-order valence-electron chi connectivity index (χ1n) is 5.74. The maximum absolute atomic E-state index is 12.5. The molecule has 0 saturated heterocycles. The molecule has 1 atom stereocenters. The van der Waals surface area contributed by atoms with E-state index in [0.717, 1.165) is 9.13 Å². The molecule has 0 amide bonds. The van der Waals surface area contributed by atoms with E-state index < -0.39 is 5.92 Å². The van der Waals surface area contributed by atoms with Gasteiger partial charge in [-0.1, -0.05) is 24.3 Å². The number of carbonyl (C=O) groups excluding carboxylic acids is 1. The highest BCUT2D eigenvalue weighted by molar-refractivity contribution is 14.1. The van der Waals surface area contributed by atoms with Crippen molar-refractivity contribution in [2.24, 2.45) is 0 Å². The third kappa shape index (κ3) is 2.82. The molecule has 3 nitrogen and oxygen atoms in total. The number of nitrogens with zero attached hydrogens (tertiary/aromatic N) is 2. The van der Waals surface area contributed by atoms with Crippen molar-refractivity contribution in [1.82, 2.24) is 4.98 Å². The van der Waals surface area contributed by atoms with Gasteiger partial charge in [0, 0.05) is 21.5 Å². The number of rotatable bonds is 3. The van der Waals surface area contributed by atoms with E-state index >= 15 is 0 Å². The minimum absolute atomic E-state index is 0.177. The molecule has 0 N–H and O–H groups in total. The summed E-state index contributed by atoms with van der Waals surface area (Å²) >= 11 is 2.14. The van der Waals surface area contributed by atoms with Crippen molar-refractivity contribution in [2.45, 2.75) is 12.8 Å². The minimum atomic E-state index is -0.802. The Balaban J connectivity index is 2.43. The lowest BCUT2D eigenvalue weighted by Gasteiger charge is -2.10. The van der Waals surface area contributed by atoms with Crippen LogP contribution in [-0.4, -0.2) is 10.8 Å². The Hall–Kier alpha value is -1.74. The summed E-state index contributed by atoms with van der Waals surface area (Å²) in [5, 5.41) is 9.27. The van der Waals surface area contributed by atoms with Gasteiger partial charge in [0.15, 0.2) is 5.78 Å². The van der Waals surface area contributed by atoms with E-state index in [1.807, 2.05) is 19.1 Å². The topological polar surface area (TPSA) is 53.8 Å². The van der Waals surface area contributed by atoms with E-state index in [1.165, 1.54) is 0 Å². The number of benzene rings is 1. The van der Waals surface area contributed by atoms with Gasteiger partial charge >= 0.3 is 0 Å². The molecule has 1 aromatic carbocycles. The average Bonchev–Trinajstić information content (AvgIpc) is 2.44. The zero-order valence-electron chi connectivity index (χ0n) is 10.3. The van der Waals surface area contributed by atoms with Crippen molar-refractivity contribution >= 4 is 28.4 Å². The van der Waals surface area contributed by atoms with Crippen molar-refractivity contribution in [3.05, 3.63) is 63.0 Å². The summed E-state index contributed by atoms with van der Waals surface area (Å²) in [7, 11) is 0. The Bertz CT molecular complexity index is 647. The molecule has 4 heteroatoms. The molecule has 1 unspecified atom stereocenters. The fourth-order valence-electron chi connectivity index (χ4n) is 1.82. The molecule has 2 aromatic rings. The molecule has 1 aromatic heterocycles. The molecule has 1 heterocycles. The van der Waals surface area contributed by atoms with Crippen LogP contribution < -0.4 is 0 Å². The molecule has 0 aliphatic carbocycles. The first-order valence-corrected chi connectivity index (χ1v) is 6.82. The van der Waals surface area contributed by atoms with Crippen LogP contribution in [-0.2, 0) is 0 Å². The van der Waals surface area contributed by atoms with Gasteiger partial charge in [0.25, 0.3) is 0 Å². The number of hydrogen-bond donors (Lipinski definition) is 0. The van der Waals surface area contributed by atoms with Crippen LogP contribution in [0.2, 0.25) is 0 Å². The monoisotopic (exact) mass is 362 g/mol. The number of pyridine rings is 1. The van der Waals surface area contributed by atoms with Gasteiger partial charge in [-0.15, -0.1) is 0 Å². The van der Waals surface area contributed by atoms with Gasteiger partial charge in [-0.05, 0) is 46.7 Å². The number of hydrogen-bond acceptors (Lipinski definition) is 3. The summed E-state index contributed by atoms with van der Waals surface area (Å²) in [6, 6.07) is 11.1. The first-order chi connectivity index (χ1) is 9.15. The Morgan fingerprint density at radius 3 is 2.79 bits per heavy atom. The van der Waals surface area contributed by atoms with E-state index in [-0.39, 0.29) is 5.78 Å². The van der Waals surface area contributed by atoms with Crippen molar-refractivity contribution in [2.75, 3.05) is 0 Å². The van der Waals surface area contributed by atoms with E-state index in [9.17, 15) is 10.1 Å². The maximum atomic E-state index is 12.5. The first kappa shape index (κ1) is 13.7. The van der Waals surface area contributed by atoms with Crippen LogP contribution in [0.4, 0.5) is 0 Å². The van der Waals surface area contributed by atoms with Gasteiger partial charge < -0.3 is 0 Å². The predicted molar refractivity (Wildman–Crippen MR) is 80.8 cm³/mol. The molecule has 19 heavy (non-hydrogen) atoms. The van der Waals surface area contributed by atoms with E-state index in [0.29, 0.717) is 11.1 Å². The van der Waals surface area contributed by atoms with Crippen molar-refractivity contribution < 1.29 is 4.79 Å². The van der Waals surface area contributed by atoms with Gasteiger partial charge in [-0.3, -0.25) is 9.78 Å². The molecule has 0 aliphatic rings. The highest BCUT2D eigenvalue weighted by atomic mass is 127. The third-order valence-electron chi connectivity index (χ3n) is 2.87. The highest BCUT2D eigenvalue weighted by Gasteiger charge is 2.23. The Morgan fingerprint density at radius 1 is 1.37 bits per heavy atom. The van der Waals surface area contributed by atoms with Crippen LogP contribution in [0.5, 0.6) is 0 Å². The standard InChI is InChI=1S/C15H11IN2O/c1-10-4-2-6-12(14(10)16)15(19)13(8-17)11-5-3-7-18-9-11/h2-7,9,13H,1H3. The zero-order valence-corrected chi connectivity index (χ0v) is 12.5. The summed E-state index contributed by atoms with van der Waals surface area (Å²) in [5.74, 6) is -0.979. The molecule has 0 saturated carbocycles. The maximum Gasteiger partial charge on any atom is 0.185 e. The quantitative estimate of drug-likeness (QED) is 0.621. The highest BCUT2D eigenvalue weighted by Crippen LogP contribution is 2.24. The molecule has 0 spiro atoms. The van der Waals surface area contributed by atoms with Gasteiger partial charge in [0.1, 0.15) is 5.92 Å². The second-order valence-electron chi connectivity index (χ2n) is 4.15. The second kappa shape index (κ2) is 5.93. The zero-order chi connectivity index (χ0) is 13.8. The fraction of sp³-hybridized carbons (Fsp3) is 0.133. The van der Waals surface area contributed by atoms with Crippen LogP contribution in [0.15, 0.2) is 42.7 Å². The summed E-state index contributed by atoms with van der Waals surface area (Å²) in [6.45, 7) is 1.95. The van der Waals surface area contributed by atoms with Crippen molar-refractivity contribution in [1.29, 1.82) is 5.26 Å². The molecule has 0 aliphatic heterocycles. The van der Waals surface area contributed by atoms with E-state index in [2.05, 4.69) is 33.6 Å². The van der Waals surface area contributed by atoms with Crippen molar-refractivity contribution in [3.63, 3.8) is 0 Å². The van der Waals surface area contributed by atoms with Gasteiger partial charge in [-0.25, -0.2) is 0 Å². The number of halogens is 1. The number of aryl methyl sites for hydroxylation is 1. The van der Waals surface area contributed by atoms with Crippen molar-refractivity contribution in [3.8, 4) is 6.07 Å². The number of nitriles is 1. The molecular weight excluding hydrogens is 351 g/mol. The molecule has 0 fully saturated rings. The smallest absolute Gasteiger partial charge is 0.185 e. The predicted octanol–water partition coefficient (Wildman–Crippen LogP) is 3.48. The largest absolute Gasteiger partial charge is 0.292 e. The Morgan fingerprint density at radius 2 is 2.16 bits per heavy atom. The van der Waals surface area contributed by atoms with E-state index in [4.69, 9.17) is 0 Å². The van der Waals surface area contributed by atoms with Crippen LogP contribution in [0.1, 0.15) is 27.4 Å². The number of carbonyl (C=O) groups is 1. The second-order valence-corrected chi connectivity index (χ2v) is 5.23. The van der Waals surface area contributed by atoms with Crippen LogP contribution in [0.3, 0.4) is 0 Å². The third-order valence-corrected chi connectivity index (χ3v) is 4.30. The lowest BCUT2D eigenvalue weighted by Crippen LogP contribution is -2.13. The normalized spacial score (nSPS) is 11.6. The molecule has 2 rings (SSSR count).